The van der Waals surface area contributed by atoms with Gasteiger partial charge in [-0.2, -0.15) is 0 Å². The minimum atomic E-state index is 0.385. The molecule has 0 aromatic heterocycles. The molecule has 0 aromatic carbocycles. The first-order chi connectivity index (χ1) is 21.9. The van der Waals surface area contributed by atoms with Crippen LogP contribution in [-0.2, 0) is 26.9 Å². The van der Waals surface area contributed by atoms with Gasteiger partial charge in [-0.3, -0.25) is 9.59 Å². The fourth-order valence-corrected chi connectivity index (χ4v) is 19.4. The van der Waals surface area contributed by atoms with Crippen LogP contribution >= 0.6 is 25.5 Å². The summed E-state index contributed by atoms with van der Waals surface area (Å²) in [6, 6.07) is 0. The van der Waals surface area contributed by atoms with Crippen molar-refractivity contribution in [2.45, 2.75) is 227 Å². The van der Waals surface area contributed by atoms with Gasteiger partial charge in [-0.25, -0.2) is 0 Å². The molecule has 2 nitrogen and oxygen atoms in total. The first-order valence-corrected chi connectivity index (χ1v) is 24.5. The molecule has 0 saturated heterocycles. The number of carbonyl (C=O) groups excluding carboxylic acids is 2. The Morgan fingerprint density at radius 2 is 0.409 bits per heavy atom. The summed E-state index contributed by atoms with van der Waals surface area (Å²) in [5, 5.41) is 0. The van der Waals surface area contributed by atoms with Gasteiger partial charge in [-0.1, -0.05) is 131 Å². The van der Waals surface area contributed by atoms with Gasteiger partial charge >= 0.3 is 27.0 Å². The van der Waals surface area contributed by atoms with Gasteiger partial charge in [0.1, 0.15) is 0 Å². The first kappa shape index (κ1) is 41.3. The van der Waals surface area contributed by atoms with Crippen molar-refractivity contribution in [3.05, 3.63) is 0 Å². The molecule has 6 heteroatoms. The van der Waals surface area contributed by atoms with Crippen molar-refractivity contribution in [1.29, 1.82) is 0 Å². The van der Waals surface area contributed by atoms with Crippen molar-refractivity contribution < 1.29 is 26.9 Å². The van der Waals surface area contributed by atoms with E-state index in [0.29, 0.717) is 15.8 Å². The van der Waals surface area contributed by atoms with Crippen molar-refractivity contribution >= 4 is 39.1 Å². The van der Waals surface area contributed by atoms with Gasteiger partial charge in [0.15, 0.2) is 0 Å². The molecule has 6 saturated carbocycles. The molecule has 6 aliphatic rings. The molecule has 0 aromatic rings. The Morgan fingerprint density at radius 3 is 0.523 bits per heavy atom. The zero-order valence-corrected chi connectivity index (χ0v) is 32.5. The second-order valence-electron chi connectivity index (χ2n) is 14.6. The zero-order valence-electron chi connectivity index (χ0n) is 28.1. The predicted octanol–water partition coefficient (Wildman–Crippen LogP) is 12.6. The maximum absolute atomic E-state index is 7.50. The first-order valence-electron chi connectivity index (χ1n) is 19.0. The van der Waals surface area contributed by atoms with Gasteiger partial charge in [-0.15, -0.1) is 0 Å². The van der Waals surface area contributed by atoms with E-state index in [9.17, 15) is 0 Å². The molecule has 0 atom stereocenters. The third-order valence-electron chi connectivity index (χ3n) is 12.0. The van der Waals surface area contributed by atoms with E-state index in [1.165, 1.54) is 72.5 Å². The van der Waals surface area contributed by atoms with Gasteiger partial charge < -0.3 is 0 Å². The average Bonchev–Trinajstić information content (AvgIpc) is 3.14. The molecule has 0 amide bonds. The normalized spacial score (nSPS) is 25.3. The topological polar surface area (TPSA) is 34.1 Å². The van der Waals surface area contributed by atoms with Crippen molar-refractivity contribution in [2.75, 3.05) is 0 Å². The summed E-state index contributed by atoms with van der Waals surface area (Å²) in [4.78, 5) is 15.0. The Bertz CT molecular complexity index is 510. The molecule has 6 aliphatic carbocycles. The summed E-state index contributed by atoms with van der Waals surface area (Å²) >= 11 is 1.62. The molecule has 256 valence electrons. The van der Waals surface area contributed by atoms with E-state index < -0.39 is 0 Å². The van der Waals surface area contributed by atoms with Crippen LogP contribution in [0.25, 0.3) is 0 Å². The molecule has 4 radical (unpaired) electrons. The van der Waals surface area contributed by atoms with Gasteiger partial charge in [-0.05, 0) is 111 Å². The number of rotatable bonds is 6. The molecule has 0 aliphatic heterocycles. The van der Waals surface area contributed by atoms with Crippen LogP contribution in [0.4, 0.5) is 0 Å². The van der Waals surface area contributed by atoms with Crippen molar-refractivity contribution in [1.82, 2.24) is 0 Å². The zero-order chi connectivity index (χ0) is 31.8. The predicted molar refractivity (Wildman–Crippen MR) is 194 cm³/mol. The molecule has 0 bridgehead atoms. The number of hydrogen-bond acceptors (Lipinski definition) is 2. The molecular weight excluding hydrogens is 687 g/mol. The quantitative estimate of drug-likeness (QED) is 0.200. The standard InChI is InChI=1S/2C18H33P.2CO.ClH.Ru.H/c2*1-4-10-16(11-5-1)19(17-12-6-2-7-13-17)18-14-8-3-9-15-18;2*1-2;;;/h2*16-18H,1-15H2;;;1H;;/q;;;;;+1;/p-1. The fourth-order valence-electron chi connectivity index (χ4n) is 10.1. The minimum absolute atomic E-state index is 0.385. The van der Waals surface area contributed by atoms with E-state index in [1.54, 1.807) is 171 Å². The SMILES string of the molecule is C1CCC(P(C2CCCCC2)C2CCCCC2)CC1.C1CCC(P(C2CCCCC2)C2CCCCC2)CC1.[C]=O.[C]=O.[Cl][RuH]. The Kier molecular flexibility index (Phi) is 25.3. The molecule has 0 N–H and O–H groups in total. The maximum atomic E-state index is 7.50. The summed E-state index contributed by atoms with van der Waals surface area (Å²) < 4.78 is 0. The second kappa shape index (κ2) is 27.0. The van der Waals surface area contributed by atoms with Gasteiger partial charge in [0.25, 0.3) is 13.6 Å². The number of hydrogen-bond donors (Lipinski definition) is 0. The summed E-state index contributed by atoms with van der Waals surface area (Å²) in [5.74, 6) is 0. The molecular formula is C38H67ClO2P2Ru. The summed E-state index contributed by atoms with van der Waals surface area (Å²) in [6.45, 7) is 9.00. The van der Waals surface area contributed by atoms with E-state index in [2.05, 4.69) is 23.3 Å². The van der Waals surface area contributed by atoms with Crippen molar-refractivity contribution in [3.8, 4) is 0 Å². The van der Waals surface area contributed by atoms with Crippen molar-refractivity contribution in [2.24, 2.45) is 0 Å². The third kappa shape index (κ3) is 14.3. The summed E-state index contributed by atoms with van der Waals surface area (Å²) in [7, 11) is 5.38. The molecule has 0 unspecified atom stereocenters. The molecule has 44 heavy (non-hydrogen) atoms. The molecule has 6 rings (SSSR count). The van der Waals surface area contributed by atoms with E-state index >= 15 is 0 Å². The van der Waals surface area contributed by atoms with Crippen LogP contribution in [0.2, 0.25) is 0 Å². The van der Waals surface area contributed by atoms with Gasteiger partial charge in [0.2, 0.25) is 0 Å². The van der Waals surface area contributed by atoms with Crippen LogP contribution in [0.1, 0.15) is 193 Å². The molecule has 6 fully saturated rings. The van der Waals surface area contributed by atoms with Crippen LogP contribution in [-0.4, -0.2) is 47.5 Å². The van der Waals surface area contributed by atoms with Crippen LogP contribution in [0.3, 0.4) is 0 Å². The Hall–Kier alpha value is 1.11. The summed E-state index contributed by atoms with van der Waals surface area (Å²) in [6.07, 6.45) is 47.2. The van der Waals surface area contributed by atoms with Gasteiger partial charge in [0, 0.05) is 0 Å². The summed E-state index contributed by atoms with van der Waals surface area (Å²) in [5.41, 5.74) is 7.14. The van der Waals surface area contributed by atoms with Crippen LogP contribution in [0.5, 0.6) is 0 Å². The third-order valence-corrected chi connectivity index (χ3v) is 20.1. The van der Waals surface area contributed by atoms with E-state index in [-0.39, 0.29) is 0 Å². The van der Waals surface area contributed by atoms with Crippen molar-refractivity contribution in [3.63, 3.8) is 0 Å². The van der Waals surface area contributed by atoms with Crippen LogP contribution in [0.15, 0.2) is 0 Å². The fraction of sp³-hybridized carbons (Fsp3) is 0.947. The molecule has 0 spiro atoms. The monoisotopic (exact) mass is 754 g/mol. The molecule has 0 heterocycles. The van der Waals surface area contributed by atoms with Crippen LogP contribution in [0, 0.1) is 0 Å². The number of halogens is 1. The Labute approximate surface area is 291 Å². The Morgan fingerprint density at radius 1 is 0.295 bits per heavy atom. The van der Waals surface area contributed by atoms with E-state index in [4.69, 9.17) is 9.59 Å². The Balaban J connectivity index is 0.000000263. The van der Waals surface area contributed by atoms with Crippen LogP contribution < -0.4 is 0 Å². The van der Waals surface area contributed by atoms with Gasteiger partial charge in [0.05, 0.1) is 0 Å². The average molecular weight is 754 g/mol. The van der Waals surface area contributed by atoms with E-state index in [1.807, 2.05) is 0 Å². The van der Waals surface area contributed by atoms with E-state index in [0.717, 1.165) is 0 Å². The second-order valence-corrected chi connectivity index (χ2v) is 20.8.